The molecule has 28 heavy (non-hydrogen) atoms. The number of carbonyl (C=O) groups is 1. The lowest BCUT2D eigenvalue weighted by molar-refractivity contribution is 0.102. The summed E-state index contributed by atoms with van der Waals surface area (Å²) in [6.45, 7) is 2.55. The third kappa shape index (κ3) is 5.12. The van der Waals surface area contributed by atoms with Gasteiger partial charge in [-0.15, -0.1) is 10.2 Å². The summed E-state index contributed by atoms with van der Waals surface area (Å²) in [5, 5.41) is 10.1. The van der Waals surface area contributed by atoms with Crippen LogP contribution < -0.4 is 14.8 Å². The number of aromatic nitrogens is 2. The maximum absolute atomic E-state index is 12.4. The molecule has 2 aromatic carbocycles. The second-order valence-electron chi connectivity index (χ2n) is 5.59. The van der Waals surface area contributed by atoms with Crippen molar-refractivity contribution in [2.24, 2.45) is 0 Å². The topological polar surface area (TPSA) is 110 Å². The van der Waals surface area contributed by atoms with Gasteiger partial charge in [-0.25, -0.2) is 13.1 Å². The molecule has 3 rings (SSSR count). The van der Waals surface area contributed by atoms with Gasteiger partial charge >= 0.3 is 0 Å². The van der Waals surface area contributed by atoms with Gasteiger partial charge in [-0.3, -0.25) is 10.1 Å². The Labute approximate surface area is 166 Å². The molecule has 0 aliphatic carbocycles. The minimum absolute atomic E-state index is 0.0972. The monoisotopic (exact) mass is 418 g/mol. The van der Waals surface area contributed by atoms with Gasteiger partial charge in [-0.1, -0.05) is 41.7 Å². The van der Waals surface area contributed by atoms with Gasteiger partial charge in [0.1, 0.15) is 5.75 Å². The van der Waals surface area contributed by atoms with Crippen molar-refractivity contribution in [2.75, 3.05) is 11.9 Å². The number of ether oxygens (including phenoxy) is 1. The van der Waals surface area contributed by atoms with Crippen LogP contribution in [0.4, 0.5) is 5.13 Å². The molecule has 0 saturated carbocycles. The first kappa shape index (κ1) is 19.9. The lowest BCUT2D eigenvalue weighted by Crippen LogP contribution is -2.23. The summed E-state index contributed by atoms with van der Waals surface area (Å²) in [6.07, 6.45) is 0. The molecular formula is C18H18N4O4S2. The molecule has 1 heterocycles. The Hall–Kier alpha value is -2.82. The predicted molar refractivity (Wildman–Crippen MR) is 106 cm³/mol. The zero-order chi connectivity index (χ0) is 20.0. The number of nitrogens with one attached hydrogen (secondary N) is 2. The molecule has 146 valence electrons. The van der Waals surface area contributed by atoms with Crippen LogP contribution in [-0.4, -0.2) is 31.1 Å². The third-order valence-electron chi connectivity index (χ3n) is 3.59. The first-order valence-corrected chi connectivity index (χ1v) is 10.7. The van der Waals surface area contributed by atoms with Gasteiger partial charge in [0.05, 0.1) is 6.61 Å². The average Bonchev–Trinajstić information content (AvgIpc) is 3.18. The molecule has 0 atom stereocenters. The van der Waals surface area contributed by atoms with Crippen molar-refractivity contribution in [1.82, 2.24) is 14.9 Å². The Bertz CT molecular complexity index is 1030. The fourth-order valence-corrected chi connectivity index (χ4v) is 4.19. The van der Waals surface area contributed by atoms with Crippen molar-refractivity contribution in [2.45, 2.75) is 17.8 Å². The fraction of sp³-hybridized carbons (Fsp3) is 0.167. The highest BCUT2D eigenvalue weighted by Crippen LogP contribution is 2.21. The molecule has 0 fully saturated rings. The molecular weight excluding hydrogens is 400 g/mol. The van der Waals surface area contributed by atoms with Gasteiger partial charge in [0.2, 0.25) is 9.47 Å². The Kier molecular flexibility index (Phi) is 6.34. The van der Waals surface area contributed by atoms with Gasteiger partial charge in [0.15, 0.2) is 0 Å². The van der Waals surface area contributed by atoms with E-state index >= 15 is 0 Å². The largest absolute Gasteiger partial charge is 0.494 e. The van der Waals surface area contributed by atoms with Crippen molar-refractivity contribution in [3.05, 3.63) is 65.7 Å². The van der Waals surface area contributed by atoms with E-state index in [0.29, 0.717) is 12.2 Å². The van der Waals surface area contributed by atoms with Crippen LogP contribution in [0.3, 0.4) is 0 Å². The van der Waals surface area contributed by atoms with E-state index in [4.69, 9.17) is 4.74 Å². The van der Waals surface area contributed by atoms with E-state index in [1.165, 1.54) is 0 Å². The number of amides is 1. The zero-order valence-corrected chi connectivity index (χ0v) is 16.6. The van der Waals surface area contributed by atoms with Crippen LogP contribution in [0.5, 0.6) is 5.75 Å². The molecule has 2 N–H and O–H groups in total. The van der Waals surface area contributed by atoms with Crippen LogP contribution in [0.2, 0.25) is 0 Å². The fourth-order valence-electron chi connectivity index (χ4n) is 2.24. The van der Waals surface area contributed by atoms with Crippen LogP contribution in [0, 0.1) is 0 Å². The average molecular weight is 419 g/mol. The first-order valence-electron chi connectivity index (χ1n) is 8.39. The van der Waals surface area contributed by atoms with Crippen molar-refractivity contribution in [1.29, 1.82) is 0 Å². The number of anilines is 1. The number of carbonyl (C=O) groups excluding carboxylic acids is 1. The lowest BCUT2D eigenvalue weighted by atomic mass is 10.2. The summed E-state index contributed by atoms with van der Waals surface area (Å²) in [6, 6.07) is 15.6. The van der Waals surface area contributed by atoms with Crippen LogP contribution >= 0.6 is 11.3 Å². The van der Waals surface area contributed by atoms with Gasteiger partial charge in [-0.05, 0) is 36.8 Å². The molecule has 1 aromatic heterocycles. The first-order chi connectivity index (χ1) is 13.5. The SMILES string of the molecule is CCOc1ccc(CNS(=O)(=O)c2nnc(NC(=O)c3ccccc3)s2)cc1. The number of benzene rings is 2. The molecule has 1 amide bonds. The Morgan fingerprint density at radius 1 is 1.07 bits per heavy atom. The molecule has 10 heteroatoms. The van der Waals surface area contributed by atoms with Crippen LogP contribution in [-0.2, 0) is 16.6 Å². The molecule has 0 saturated heterocycles. The van der Waals surface area contributed by atoms with Crippen LogP contribution in [0.15, 0.2) is 58.9 Å². The lowest BCUT2D eigenvalue weighted by Gasteiger charge is -2.06. The molecule has 0 radical (unpaired) electrons. The summed E-state index contributed by atoms with van der Waals surface area (Å²) in [5.74, 6) is 0.333. The van der Waals surface area contributed by atoms with E-state index < -0.39 is 10.0 Å². The minimum atomic E-state index is -3.85. The van der Waals surface area contributed by atoms with Crippen molar-refractivity contribution in [3.63, 3.8) is 0 Å². The smallest absolute Gasteiger partial charge is 0.270 e. The summed E-state index contributed by atoms with van der Waals surface area (Å²) < 4.78 is 32.4. The van der Waals surface area contributed by atoms with Gasteiger partial charge < -0.3 is 4.74 Å². The molecule has 0 unspecified atom stereocenters. The third-order valence-corrected chi connectivity index (χ3v) is 6.20. The Balaban J connectivity index is 1.62. The summed E-state index contributed by atoms with van der Waals surface area (Å²) >= 11 is 0.782. The number of sulfonamides is 1. The standard InChI is InChI=1S/C18H18N4O4S2/c1-2-26-15-10-8-13(9-11-15)12-19-28(24,25)18-22-21-17(27-18)20-16(23)14-6-4-3-5-7-14/h3-11,19H,2,12H2,1H3,(H,20,21,23). The molecule has 0 aliphatic rings. The van der Waals surface area contributed by atoms with E-state index in [1.807, 2.05) is 6.92 Å². The molecule has 0 aliphatic heterocycles. The number of hydrogen-bond acceptors (Lipinski definition) is 7. The van der Waals surface area contributed by atoms with Crippen molar-refractivity contribution >= 4 is 32.4 Å². The van der Waals surface area contributed by atoms with E-state index in [9.17, 15) is 13.2 Å². The zero-order valence-electron chi connectivity index (χ0n) is 15.0. The minimum Gasteiger partial charge on any atom is -0.494 e. The van der Waals surface area contributed by atoms with E-state index in [2.05, 4.69) is 20.2 Å². The normalized spacial score (nSPS) is 11.2. The highest BCUT2D eigenvalue weighted by molar-refractivity contribution is 7.91. The van der Waals surface area contributed by atoms with Crippen LogP contribution in [0.1, 0.15) is 22.8 Å². The van der Waals surface area contributed by atoms with Gasteiger partial charge in [-0.2, -0.15) is 0 Å². The number of nitrogens with zero attached hydrogens (tertiary/aromatic N) is 2. The van der Waals surface area contributed by atoms with Crippen molar-refractivity contribution < 1.29 is 17.9 Å². The van der Waals surface area contributed by atoms with Gasteiger partial charge in [0, 0.05) is 12.1 Å². The maximum atomic E-state index is 12.4. The highest BCUT2D eigenvalue weighted by atomic mass is 32.2. The maximum Gasteiger partial charge on any atom is 0.270 e. The number of hydrogen-bond donors (Lipinski definition) is 2. The number of rotatable bonds is 8. The summed E-state index contributed by atoms with van der Waals surface area (Å²) in [5.41, 5.74) is 1.21. The summed E-state index contributed by atoms with van der Waals surface area (Å²) in [4.78, 5) is 12.1. The second kappa shape index (κ2) is 8.91. The Morgan fingerprint density at radius 3 is 2.46 bits per heavy atom. The van der Waals surface area contributed by atoms with Crippen molar-refractivity contribution in [3.8, 4) is 5.75 Å². The quantitative estimate of drug-likeness (QED) is 0.544. The van der Waals surface area contributed by atoms with Crippen LogP contribution in [0.25, 0.3) is 0 Å². The molecule has 8 nitrogen and oxygen atoms in total. The van der Waals surface area contributed by atoms with E-state index in [0.717, 1.165) is 22.6 Å². The second-order valence-corrected chi connectivity index (χ2v) is 8.51. The summed E-state index contributed by atoms with van der Waals surface area (Å²) in [7, 11) is -3.85. The van der Waals surface area contributed by atoms with E-state index in [1.54, 1.807) is 54.6 Å². The Morgan fingerprint density at radius 2 is 1.79 bits per heavy atom. The molecule has 0 spiro atoms. The van der Waals surface area contributed by atoms with E-state index in [-0.39, 0.29) is 21.9 Å². The molecule has 3 aromatic rings. The highest BCUT2D eigenvalue weighted by Gasteiger charge is 2.21. The predicted octanol–water partition coefficient (Wildman–Crippen LogP) is 2.67. The molecule has 0 bridgehead atoms. The van der Waals surface area contributed by atoms with Gasteiger partial charge in [0.25, 0.3) is 15.9 Å².